The van der Waals surface area contributed by atoms with Crippen LogP contribution in [0.25, 0.3) is 0 Å². The van der Waals surface area contributed by atoms with Gasteiger partial charge in [0, 0.05) is 13.7 Å². The van der Waals surface area contributed by atoms with Gasteiger partial charge in [0.25, 0.3) is 0 Å². The molecular formula is C14H26N2O4. The van der Waals surface area contributed by atoms with Crippen molar-refractivity contribution in [3.8, 4) is 0 Å². The number of piperidine rings is 1. The molecule has 1 heterocycles. The maximum absolute atomic E-state index is 12.5. The molecule has 0 radical (unpaired) electrons. The number of methoxy groups -OCH3 is 1. The fourth-order valence-electron chi connectivity index (χ4n) is 2.35. The summed E-state index contributed by atoms with van der Waals surface area (Å²) in [6.45, 7) is 5.87. The Hall–Kier alpha value is -1.14. The molecule has 0 spiro atoms. The summed E-state index contributed by atoms with van der Waals surface area (Å²) in [5.41, 5.74) is 0. The second-order valence-corrected chi connectivity index (χ2v) is 5.19. The van der Waals surface area contributed by atoms with E-state index in [0.29, 0.717) is 25.7 Å². The second kappa shape index (κ2) is 8.92. The zero-order valence-corrected chi connectivity index (χ0v) is 12.7. The standard InChI is InChI=1S/C14H26N2O4/c1-4-20-13(17)10-16(7-8-19-3)14(18)12-9-11(2)5-6-15-12/h11-12,15H,4-10H2,1-3H3. The Labute approximate surface area is 120 Å². The van der Waals surface area contributed by atoms with E-state index in [0.717, 1.165) is 19.4 Å². The van der Waals surface area contributed by atoms with E-state index >= 15 is 0 Å². The van der Waals surface area contributed by atoms with E-state index in [1.807, 2.05) is 0 Å². The van der Waals surface area contributed by atoms with Crippen LogP contribution in [0.2, 0.25) is 0 Å². The lowest BCUT2D eigenvalue weighted by atomic mass is 9.93. The highest BCUT2D eigenvalue weighted by molar-refractivity contribution is 5.86. The van der Waals surface area contributed by atoms with Gasteiger partial charge in [-0.15, -0.1) is 0 Å². The van der Waals surface area contributed by atoms with Crippen LogP contribution >= 0.6 is 0 Å². The van der Waals surface area contributed by atoms with Crippen LogP contribution in [0.3, 0.4) is 0 Å². The molecule has 1 fully saturated rings. The van der Waals surface area contributed by atoms with Gasteiger partial charge in [0.2, 0.25) is 5.91 Å². The first-order chi connectivity index (χ1) is 9.58. The predicted octanol–water partition coefficient (Wildman–Crippen LogP) is 0.413. The number of nitrogens with zero attached hydrogens (tertiary/aromatic N) is 1. The van der Waals surface area contributed by atoms with Crippen LogP contribution in [-0.4, -0.2) is 62.8 Å². The number of esters is 1. The van der Waals surface area contributed by atoms with Gasteiger partial charge >= 0.3 is 5.97 Å². The molecule has 2 unspecified atom stereocenters. The number of nitrogens with one attached hydrogen (secondary N) is 1. The number of ether oxygens (including phenoxy) is 2. The monoisotopic (exact) mass is 286 g/mol. The van der Waals surface area contributed by atoms with E-state index in [9.17, 15) is 9.59 Å². The van der Waals surface area contributed by atoms with Crippen molar-refractivity contribution in [3.05, 3.63) is 0 Å². The Morgan fingerprint density at radius 1 is 1.40 bits per heavy atom. The van der Waals surface area contributed by atoms with E-state index in [2.05, 4.69) is 12.2 Å². The van der Waals surface area contributed by atoms with Crippen LogP contribution < -0.4 is 5.32 Å². The molecule has 6 nitrogen and oxygen atoms in total. The summed E-state index contributed by atoms with van der Waals surface area (Å²) >= 11 is 0. The van der Waals surface area contributed by atoms with E-state index in [1.54, 1.807) is 14.0 Å². The molecule has 1 saturated heterocycles. The van der Waals surface area contributed by atoms with Crippen molar-refractivity contribution in [2.24, 2.45) is 5.92 Å². The van der Waals surface area contributed by atoms with Crippen molar-refractivity contribution in [2.45, 2.75) is 32.7 Å². The highest BCUT2D eigenvalue weighted by atomic mass is 16.5. The molecule has 0 bridgehead atoms. The molecule has 0 aliphatic carbocycles. The number of amides is 1. The van der Waals surface area contributed by atoms with Crippen LogP contribution in [0.4, 0.5) is 0 Å². The topological polar surface area (TPSA) is 67.9 Å². The number of hydrogen-bond acceptors (Lipinski definition) is 5. The van der Waals surface area contributed by atoms with E-state index < -0.39 is 0 Å². The number of carbonyl (C=O) groups is 2. The fourth-order valence-corrected chi connectivity index (χ4v) is 2.35. The molecule has 0 aromatic heterocycles. The minimum absolute atomic E-state index is 0.0113. The van der Waals surface area contributed by atoms with E-state index in [-0.39, 0.29) is 24.5 Å². The minimum Gasteiger partial charge on any atom is -0.465 e. The van der Waals surface area contributed by atoms with Gasteiger partial charge in [-0.05, 0) is 32.2 Å². The molecule has 0 saturated carbocycles. The molecule has 6 heteroatoms. The van der Waals surface area contributed by atoms with Crippen molar-refractivity contribution in [3.63, 3.8) is 0 Å². The maximum Gasteiger partial charge on any atom is 0.325 e. The molecule has 1 N–H and O–H groups in total. The third-order valence-corrected chi connectivity index (χ3v) is 3.47. The van der Waals surface area contributed by atoms with Gasteiger partial charge in [-0.25, -0.2) is 0 Å². The summed E-state index contributed by atoms with van der Waals surface area (Å²) in [4.78, 5) is 25.6. The molecular weight excluding hydrogens is 260 g/mol. The predicted molar refractivity (Wildman–Crippen MR) is 75.3 cm³/mol. The fraction of sp³-hybridized carbons (Fsp3) is 0.857. The molecule has 20 heavy (non-hydrogen) atoms. The lowest BCUT2D eigenvalue weighted by molar-refractivity contribution is -0.150. The van der Waals surface area contributed by atoms with E-state index in [4.69, 9.17) is 9.47 Å². The van der Waals surface area contributed by atoms with Gasteiger partial charge < -0.3 is 19.7 Å². The van der Waals surface area contributed by atoms with Crippen LogP contribution in [0.15, 0.2) is 0 Å². The van der Waals surface area contributed by atoms with Gasteiger partial charge in [0.05, 0.1) is 19.3 Å². The van der Waals surface area contributed by atoms with Gasteiger partial charge in [0.15, 0.2) is 0 Å². The van der Waals surface area contributed by atoms with Crippen LogP contribution in [0.1, 0.15) is 26.7 Å². The van der Waals surface area contributed by atoms with Gasteiger partial charge in [-0.3, -0.25) is 9.59 Å². The normalized spacial score (nSPS) is 22.4. The van der Waals surface area contributed by atoms with E-state index in [1.165, 1.54) is 4.90 Å². The first-order valence-electron chi connectivity index (χ1n) is 7.25. The summed E-state index contributed by atoms with van der Waals surface area (Å²) in [6.07, 6.45) is 1.89. The first-order valence-corrected chi connectivity index (χ1v) is 7.25. The van der Waals surface area contributed by atoms with Crippen molar-refractivity contribution in [1.82, 2.24) is 10.2 Å². The Bertz CT molecular complexity index is 322. The van der Waals surface area contributed by atoms with Crippen molar-refractivity contribution in [1.29, 1.82) is 0 Å². The number of hydrogen-bond donors (Lipinski definition) is 1. The van der Waals surface area contributed by atoms with Gasteiger partial charge in [-0.1, -0.05) is 6.92 Å². The molecule has 0 aromatic rings. The molecule has 1 aliphatic heterocycles. The molecule has 1 rings (SSSR count). The van der Waals surface area contributed by atoms with Gasteiger partial charge in [0.1, 0.15) is 6.54 Å². The summed E-state index contributed by atoms with van der Waals surface area (Å²) in [5, 5.41) is 3.23. The molecule has 0 aromatic carbocycles. The highest BCUT2D eigenvalue weighted by Crippen LogP contribution is 2.16. The molecule has 116 valence electrons. The summed E-state index contributed by atoms with van der Waals surface area (Å²) in [5.74, 6) is 0.111. The van der Waals surface area contributed by atoms with Crippen LogP contribution in [0, 0.1) is 5.92 Å². The average molecular weight is 286 g/mol. The largest absolute Gasteiger partial charge is 0.465 e. The zero-order chi connectivity index (χ0) is 15.0. The second-order valence-electron chi connectivity index (χ2n) is 5.19. The number of rotatable bonds is 7. The van der Waals surface area contributed by atoms with Crippen molar-refractivity contribution >= 4 is 11.9 Å². The van der Waals surface area contributed by atoms with Crippen molar-refractivity contribution in [2.75, 3.05) is 40.0 Å². The Kier molecular flexibility index (Phi) is 7.54. The van der Waals surface area contributed by atoms with Crippen LogP contribution in [-0.2, 0) is 19.1 Å². The summed E-state index contributed by atoms with van der Waals surface area (Å²) in [6, 6.07) is -0.204. The SMILES string of the molecule is CCOC(=O)CN(CCOC)C(=O)C1CC(C)CCN1. The third kappa shape index (κ3) is 5.46. The lowest BCUT2D eigenvalue weighted by Crippen LogP contribution is -2.52. The lowest BCUT2D eigenvalue weighted by Gasteiger charge is -2.31. The van der Waals surface area contributed by atoms with Crippen molar-refractivity contribution < 1.29 is 19.1 Å². The quantitative estimate of drug-likeness (QED) is 0.687. The van der Waals surface area contributed by atoms with Crippen LogP contribution in [0.5, 0.6) is 0 Å². The minimum atomic E-state index is -0.374. The maximum atomic E-state index is 12.5. The third-order valence-electron chi connectivity index (χ3n) is 3.47. The molecule has 2 atom stereocenters. The first kappa shape index (κ1) is 16.9. The molecule has 1 aliphatic rings. The highest BCUT2D eigenvalue weighted by Gasteiger charge is 2.29. The van der Waals surface area contributed by atoms with Gasteiger partial charge in [-0.2, -0.15) is 0 Å². The zero-order valence-electron chi connectivity index (χ0n) is 12.7. The summed E-state index contributed by atoms with van der Waals surface area (Å²) in [7, 11) is 1.58. The molecule has 1 amide bonds. The Morgan fingerprint density at radius 3 is 2.75 bits per heavy atom. The Morgan fingerprint density at radius 2 is 2.15 bits per heavy atom. The number of carbonyl (C=O) groups excluding carboxylic acids is 2. The average Bonchev–Trinajstić information content (AvgIpc) is 2.43. The smallest absolute Gasteiger partial charge is 0.325 e. The summed E-state index contributed by atoms with van der Waals surface area (Å²) < 4.78 is 9.92. The Balaban J connectivity index is 2.60.